The SMILES string of the molecule is CN=C(NCCc1ccc(OC)c(OC)c1)NCc1ccc(NC(=O)C(C)C)cc1. The molecule has 0 atom stereocenters. The van der Waals surface area contributed by atoms with Crippen molar-refractivity contribution in [2.45, 2.75) is 26.8 Å². The fraction of sp³-hybridized carbons (Fsp3) is 0.391. The standard InChI is InChI=1S/C23H32N4O3/c1-16(2)22(28)27-19-9-6-18(7-10-19)15-26-23(24-3)25-13-12-17-8-11-20(29-4)21(14-17)30-5/h6-11,14,16H,12-13,15H2,1-5H3,(H,27,28)(H2,24,25,26). The molecule has 7 heteroatoms. The summed E-state index contributed by atoms with van der Waals surface area (Å²) < 4.78 is 10.6. The van der Waals surface area contributed by atoms with E-state index in [2.05, 4.69) is 20.9 Å². The second-order valence-electron chi connectivity index (χ2n) is 7.13. The number of aliphatic imine (C=N–C) groups is 1. The highest BCUT2D eigenvalue weighted by Gasteiger charge is 2.07. The number of anilines is 1. The first-order chi connectivity index (χ1) is 14.5. The van der Waals surface area contributed by atoms with Gasteiger partial charge >= 0.3 is 0 Å². The van der Waals surface area contributed by atoms with Crippen molar-refractivity contribution in [3.63, 3.8) is 0 Å². The van der Waals surface area contributed by atoms with Crippen molar-refractivity contribution in [1.82, 2.24) is 10.6 Å². The fourth-order valence-electron chi connectivity index (χ4n) is 2.76. The van der Waals surface area contributed by atoms with Crippen molar-refractivity contribution in [3.05, 3.63) is 53.6 Å². The maximum absolute atomic E-state index is 11.8. The number of rotatable bonds is 9. The molecule has 0 saturated heterocycles. The van der Waals surface area contributed by atoms with Gasteiger partial charge in [0.25, 0.3) is 0 Å². The van der Waals surface area contributed by atoms with Crippen LogP contribution in [0.5, 0.6) is 11.5 Å². The number of carbonyl (C=O) groups is 1. The van der Waals surface area contributed by atoms with Gasteiger partial charge in [-0.3, -0.25) is 9.79 Å². The maximum atomic E-state index is 11.8. The van der Waals surface area contributed by atoms with E-state index in [1.54, 1.807) is 21.3 Å². The molecular weight excluding hydrogens is 380 g/mol. The lowest BCUT2D eigenvalue weighted by molar-refractivity contribution is -0.118. The van der Waals surface area contributed by atoms with Crippen molar-refractivity contribution in [3.8, 4) is 11.5 Å². The Balaban J connectivity index is 1.80. The molecule has 0 aliphatic heterocycles. The summed E-state index contributed by atoms with van der Waals surface area (Å²) in [5, 5.41) is 9.50. The summed E-state index contributed by atoms with van der Waals surface area (Å²) in [5.41, 5.74) is 3.05. The van der Waals surface area contributed by atoms with Crippen molar-refractivity contribution in [2.24, 2.45) is 10.9 Å². The summed E-state index contributed by atoms with van der Waals surface area (Å²) in [4.78, 5) is 16.0. The smallest absolute Gasteiger partial charge is 0.226 e. The molecule has 2 aromatic rings. The van der Waals surface area contributed by atoms with Gasteiger partial charge < -0.3 is 25.4 Å². The van der Waals surface area contributed by atoms with Crippen LogP contribution >= 0.6 is 0 Å². The van der Waals surface area contributed by atoms with Crippen molar-refractivity contribution in [1.29, 1.82) is 0 Å². The Labute approximate surface area is 178 Å². The highest BCUT2D eigenvalue weighted by molar-refractivity contribution is 5.92. The third kappa shape index (κ3) is 6.99. The predicted octanol–water partition coefficient (Wildman–Crippen LogP) is 3.21. The zero-order chi connectivity index (χ0) is 21.9. The molecule has 0 aromatic heterocycles. The minimum absolute atomic E-state index is 0.0138. The van der Waals surface area contributed by atoms with Crippen LogP contribution in [-0.4, -0.2) is 39.7 Å². The molecule has 2 aromatic carbocycles. The minimum Gasteiger partial charge on any atom is -0.493 e. The van der Waals surface area contributed by atoms with E-state index in [-0.39, 0.29) is 11.8 Å². The lowest BCUT2D eigenvalue weighted by Gasteiger charge is -2.13. The van der Waals surface area contributed by atoms with Crippen LogP contribution in [-0.2, 0) is 17.8 Å². The van der Waals surface area contributed by atoms with E-state index < -0.39 is 0 Å². The normalized spacial score (nSPS) is 11.2. The first-order valence-electron chi connectivity index (χ1n) is 10.0. The Morgan fingerprint density at radius 1 is 0.967 bits per heavy atom. The Morgan fingerprint density at radius 2 is 1.63 bits per heavy atom. The van der Waals surface area contributed by atoms with E-state index in [1.165, 1.54) is 0 Å². The van der Waals surface area contributed by atoms with E-state index in [9.17, 15) is 4.79 Å². The van der Waals surface area contributed by atoms with Gasteiger partial charge in [0.1, 0.15) is 0 Å². The van der Waals surface area contributed by atoms with E-state index >= 15 is 0 Å². The van der Waals surface area contributed by atoms with Gasteiger partial charge in [-0.1, -0.05) is 32.0 Å². The van der Waals surface area contributed by atoms with Crippen LogP contribution in [0.1, 0.15) is 25.0 Å². The number of benzene rings is 2. The third-order valence-corrected chi connectivity index (χ3v) is 4.58. The molecule has 1 amide bonds. The Hall–Kier alpha value is -3.22. The number of amides is 1. The molecule has 0 unspecified atom stereocenters. The Morgan fingerprint density at radius 3 is 2.23 bits per heavy atom. The largest absolute Gasteiger partial charge is 0.493 e. The molecule has 0 spiro atoms. The summed E-state index contributed by atoms with van der Waals surface area (Å²) in [6, 6.07) is 13.7. The second-order valence-corrected chi connectivity index (χ2v) is 7.13. The van der Waals surface area contributed by atoms with Crippen LogP contribution in [0.15, 0.2) is 47.5 Å². The zero-order valence-electron chi connectivity index (χ0n) is 18.4. The van der Waals surface area contributed by atoms with Gasteiger partial charge in [-0.25, -0.2) is 0 Å². The molecular formula is C23H32N4O3. The van der Waals surface area contributed by atoms with Crippen molar-refractivity contribution < 1.29 is 14.3 Å². The van der Waals surface area contributed by atoms with Gasteiger partial charge in [-0.2, -0.15) is 0 Å². The third-order valence-electron chi connectivity index (χ3n) is 4.58. The summed E-state index contributed by atoms with van der Waals surface area (Å²) in [6.07, 6.45) is 0.825. The predicted molar refractivity (Wildman–Crippen MR) is 121 cm³/mol. The highest BCUT2D eigenvalue weighted by Crippen LogP contribution is 2.27. The quantitative estimate of drug-likeness (QED) is 0.435. The zero-order valence-corrected chi connectivity index (χ0v) is 18.4. The number of hydrogen-bond acceptors (Lipinski definition) is 4. The number of nitrogens with zero attached hydrogens (tertiary/aromatic N) is 1. The first-order valence-corrected chi connectivity index (χ1v) is 10.0. The number of ether oxygens (including phenoxy) is 2. The van der Waals surface area contributed by atoms with Crippen LogP contribution in [0.4, 0.5) is 5.69 Å². The number of nitrogens with one attached hydrogen (secondary N) is 3. The van der Waals surface area contributed by atoms with Crippen LogP contribution in [0.25, 0.3) is 0 Å². The van der Waals surface area contributed by atoms with Crippen LogP contribution in [0, 0.1) is 5.92 Å². The first kappa shape index (κ1) is 23.1. The summed E-state index contributed by atoms with van der Waals surface area (Å²) in [5.74, 6) is 2.15. The molecule has 0 bridgehead atoms. The topological polar surface area (TPSA) is 84.0 Å². The van der Waals surface area contributed by atoms with E-state index in [0.717, 1.165) is 47.2 Å². The van der Waals surface area contributed by atoms with Gasteiger partial charge in [0.15, 0.2) is 17.5 Å². The molecule has 0 saturated carbocycles. The van der Waals surface area contributed by atoms with Crippen molar-refractivity contribution in [2.75, 3.05) is 33.1 Å². The molecule has 3 N–H and O–H groups in total. The Kier molecular flexibility index (Phi) is 9.00. The number of methoxy groups -OCH3 is 2. The van der Waals surface area contributed by atoms with E-state index in [0.29, 0.717) is 6.54 Å². The monoisotopic (exact) mass is 412 g/mol. The average molecular weight is 413 g/mol. The molecule has 0 fully saturated rings. The number of guanidine groups is 1. The van der Waals surface area contributed by atoms with Gasteiger partial charge in [0.2, 0.25) is 5.91 Å². The molecule has 0 aliphatic carbocycles. The van der Waals surface area contributed by atoms with Gasteiger partial charge in [0, 0.05) is 31.7 Å². The lowest BCUT2D eigenvalue weighted by atomic mass is 10.1. The summed E-state index contributed by atoms with van der Waals surface area (Å²) in [7, 11) is 5.01. The molecule has 162 valence electrons. The average Bonchev–Trinajstić information content (AvgIpc) is 2.76. The minimum atomic E-state index is -0.0419. The molecule has 0 radical (unpaired) electrons. The van der Waals surface area contributed by atoms with Gasteiger partial charge in [0.05, 0.1) is 14.2 Å². The van der Waals surface area contributed by atoms with Crippen molar-refractivity contribution >= 4 is 17.6 Å². The lowest BCUT2D eigenvalue weighted by Crippen LogP contribution is -2.37. The highest BCUT2D eigenvalue weighted by atomic mass is 16.5. The molecule has 30 heavy (non-hydrogen) atoms. The van der Waals surface area contributed by atoms with Crippen LogP contribution in [0.2, 0.25) is 0 Å². The second kappa shape index (κ2) is 11.7. The van der Waals surface area contributed by atoms with Gasteiger partial charge in [-0.15, -0.1) is 0 Å². The van der Waals surface area contributed by atoms with Crippen LogP contribution < -0.4 is 25.4 Å². The molecule has 0 heterocycles. The van der Waals surface area contributed by atoms with E-state index in [1.807, 2.05) is 56.3 Å². The maximum Gasteiger partial charge on any atom is 0.226 e. The van der Waals surface area contributed by atoms with Crippen LogP contribution in [0.3, 0.4) is 0 Å². The number of hydrogen-bond donors (Lipinski definition) is 3. The Bertz CT molecular complexity index is 848. The fourth-order valence-corrected chi connectivity index (χ4v) is 2.76. The van der Waals surface area contributed by atoms with E-state index in [4.69, 9.17) is 9.47 Å². The molecule has 0 aliphatic rings. The number of carbonyl (C=O) groups excluding carboxylic acids is 1. The molecule has 7 nitrogen and oxygen atoms in total. The van der Waals surface area contributed by atoms with Gasteiger partial charge in [-0.05, 0) is 41.8 Å². The summed E-state index contributed by atoms with van der Waals surface area (Å²) >= 11 is 0. The molecule has 2 rings (SSSR count). The summed E-state index contributed by atoms with van der Waals surface area (Å²) in [6.45, 7) is 5.11.